The van der Waals surface area contributed by atoms with Gasteiger partial charge in [-0.3, -0.25) is 0 Å². The predicted octanol–water partition coefficient (Wildman–Crippen LogP) is 6.58. The van der Waals surface area contributed by atoms with Gasteiger partial charge in [-0.25, -0.2) is 13.2 Å². The Kier molecular flexibility index (Phi) is 8.38. The number of hydrogen-bond acceptors (Lipinski definition) is 3. The number of ether oxygens (including phenoxy) is 2. The fraction of sp³-hybridized carbons (Fsp3) is 0.520. The smallest absolute Gasteiger partial charge is 0.164 e. The maximum atomic E-state index is 14.4. The van der Waals surface area contributed by atoms with E-state index in [0.717, 1.165) is 25.7 Å². The van der Waals surface area contributed by atoms with Gasteiger partial charge in [0.2, 0.25) is 0 Å². The Morgan fingerprint density at radius 3 is 2.39 bits per heavy atom. The van der Waals surface area contributed by atoms with E-state index in [9.17, 15) is 18.3 Å². The molecular weight excluding hydrogens is 405 g/mol. The molecule has 1 N–H and O–H groups in total. The van der Waals surface area contributed by atoms with Gasteiger partial charge in [0.15, 0.2) is 11.6 Å². The Morgan fingerprint density at radius 1 is 1.00 bits per heavy atom. The second kappa shape index (κ2) is 11.0. The van der Waals surface area contributed by atoms with E-state index >= 15 is 0 Å². The lowest BCUT2D eigenvalue weighted by Gasteiger charge is -2.29. The van der Waals surface area contributed by atoms with Crippen LogP contribution in [0.25, 0.3) is 0 Å². The van der Waals surface area contributed by atoms with Crippen molar-refractivity contribution in [3.05, 3.63) is 64.5 Å². The zero-order valence-electron chi connectivity index (χ0n) is 18.2. The van der Waals surface area contributed by atoms with Crippen LogP contribution >= 0.6 is 0 Å². The van der Waals surface area contributed by atoms with Crippen molar-refractivity contribution >= 4 is 0 Å². The molecule has 1 atom stereocenters. The average Bonchev–Trinajstić information content (AvgIpc) is 2.76. The van der Waals surface area contributed by atoms with Crippen LogP contribution in [0.3, 0.4) is 0 Å². The Balaban J connectivity index is 1.54. The molecule has 0 saturated heterocycles. The minimum atomic E-state index is -1.01. The van der Waals surface area contributed by atoms with E-state index in [1.807, 2.05) is 13.8 Å². The number of hydrogen-bond donors (Lipinski definition) is 1. The third-order valence-corrected chi connectivity index (χ3v) is 5.98. The fourth-order valence-electron chi connectivity index (χ4n) is 4.25. The minimum absolute atomic E-state index is 0.0130. The van der Waals surface area contributed by atoms with Gasteiger partial charge < -0.3 is 14.6 Å². The van der Waals surface area contributed by atoms with Crippen LogP contribution in [-0.2, 0) is 11.3 Å². The van der Waals surface area contributed by atoms with Crippen LogP contribution in [0.5, 0.6) is 5.75 Å². The first-order chi connectivity index (χ1) is 14.9. The van der Waals surface area contributed by atoms with Crippen LogP contribution in [0.4, 0.5) is 13.2 Å². The van der Waals surface area contributed by atoms with Crippen molar-refractivity contribution in [3.8, 4) is 5.75 Å². The third-order valence-electron chi connectivity index (χ3n) is 5.98. The van der Waals surface area contributed by atoms with Gasteiger partial charge >= 0.3 is 0 Å². The van der Waals surface area contributed by atoms with Crippen molar-refractivity contribution in [2.45, 2.75) is 77.1 Å². The molecule has 3 rings (SSSR count). The first-order valence-electron chi connectivity index (χ1n) is 11.1. The summed E-state index contributed by atoms with van der Waals surface area (Å²) in [6.45, 7) is 4.20. The molecule has 0 aliphatic heterocycles. The van der Waals surface area contributed by atoms with Crippen molar-refractivity contribution < 1.29 is 27.8 Å². The Morgan fingerprint density at radius 2 is 1.74 bits per heavy atom. The van der Waals surface area contributed by atoms with Gasteiger partial charge in [0, 0.05) is 17.2 Å². The van der Waals surface area contributed by atoms with Gasteiger partial charge in [-0.1, -0.05) is 31.5 Å². The van der Waals surface area contributed by atoms with Crippen molar-refractivity contribution in [2.75, 3.05) is 6.61 Å². The zero-order chi connectivity index (χ0) is 22.4. The van der Waals surface area contributed by atoms with E-state index in [2.05, 4.69) is 0 Å². The molecule has 2 aromatic rings. The molecule has 1 saturated carbocycles. The minimum Gasteiger partial charge on any atom is -0.494 e. The molecule has 0 aromatic heterocycles. The van der Waals surface area contributed by atoms with Gasteiger partial charge in [0.05, 0.1) is 25.4 Å². The Bertz CT molecular complexity index is 863. The molecule has 0 bridgehead atoms. The number of aliphatic hydroxyl groups is 1. The van der Waals surface area contributed by atoms with Crippen LogP contribution in [0.1, 0.15) is 81.1 Å². The van der Waals surface area contributed by atoms with Crippen LogP contribution < -0.4 is 4.74 Å². The van der Waals surface area contributed by atoms with Crippen LogP contribution in [0.15, 0.2) is 30.3 Å². The molecule has 6 heteroatoms. The lowest BCUT2D eigenvalue weighted by molar-refractivity contribution is 0.0116. The van der Waals surface area contributed by atoms with E-state index in [4.69, 9.17) is 9.47 Å². The molecule has 1 aliphatic rings. The monoisotopic (exact) mass is 436 g/mol. The summed E-state index contributed by atoms with van der Waals surface area (Å²) in [5.41, 5.74) is 0.821. The average molecular weight is 437 g/mol. The third kappa shape index (κ3) is 5.80. The van der Waals surface area contributed by atoms with E-state index in [1.165, 1.54) is 18.2 Å². The summed E-state index contributed by atoms with van der Waals surface area (Å²) in [6, 6.07) is 7.93. The molecule has 3 nitrogen and oxygen atoms in total. The van der Waals surface area contributed by atoms with Gasteiger partial charge in [0.1, 0.15) is 11.6 Å². The normalized spacial score (nSPS) is 19.9. The summed E-state index contributed by atoms with van der Waals surface area (Å²) in [6.07, 6.45) is 2.98. The summed E-state index contributed by atoms with van der Waals surface area (Å²) in [7, 11) is 0. The van der Waals surface area contributed by atoms with Crippen LogP contribution in [0.2, 0.25) is 0 Å². The lowest BCUT2D eigenvalue weighted by Crippen LogP contribution is -2.21. The summed E-state index contributed by atoms with van der Waals surface area (Å²) in [4.78, 5) is 0. The van der Waals surface area contributed by atoms with Crippen molar-refractivity contribution in [2.24, 2.45) is 0 Å². The largest absolute Gasteiger partial charge is 0.494 e. The molecule has 0 amide bonds. The van der Waals surface area contributed by atoms with E-state index in [-0.39, 0.29) is 35.6 Å². The molecule has 170 valence electrons. The number of benzene rings is 2. The summed E-state index contributed by atoms with van der Waals surface area (Å²) >= 11 is 0. The first kappa shape index (κ1) is 23.6. The highest BCUT2D eigenvalue weighted by Crippen LogP contribution is 2.36. The highest BCUT2D eigenvalue weighted by molar-refractivity contribution is 5.31. The summed E-state index contributed by atoms with van der Waals surface area (Å²) in [5.74, 6) is -1.57. The van der Waals surface area contributed by atoms with E-state index in [0.29, 0.717) is 30.8 Å². The molecule has 1 fully saturated rings. The summed E-state index contributed by atoms with van der Waals surface area (Å²) < 4.78 is 54.3. The predicted molar refractivity (Wildman–Crippen MR) is 114 cm³/mol. The Labute approximate surface area is 182 Å². The SMILES string of the molecule is CCCC(O)c1ccc(COC2CCC(c3ccc(OCC)cc3F)CC2)c(F)c1F. The summed E-state index contributed by atoms with van der Waals surface area (Å²) in [5, 5.41) is 9.96. The van der Waals surface area contributed by atoms with Crippen molar-refractivity contribution in [1.82, 2.24) is 0 Å². The quantitative estimate of drug-likeness (QED) is 0.483. The first-order valence-corrected chi connectivity index (χ1v) is 11.1. The van der Waals surface area contributed by atoms with Crippen LogP contribution in [0, 0.1) is 17.5 Å². The van der Waals surface area contributed by atoms with Crippen molar-refractivity contribution in [1.29, 1.82) is 0 Å². The Hall–Kier alpha value is -2.05. The molecule has 1 unspecified atom stereocenters. The van der Waals surface area contributed by atoms with Crippen LogP contribution in [-0.4, -0.2) is 17.8 Å². The van der Waals surface area contributed by atoms with Crippen molar-refractivity contribution in [3.63, 3.8) is 0 Å². The van der Waals surface area contributed by atoms with Gasteiger partial charge in [-0.15, -0.1) is 0 Å². The second-order valence-electron chi connectivity index (χ2n) is 8.15. The molecule has 0 heterocycles. The molecule has 1 aliphatic carbocycles. The zero-order valence-corrected chi connectivity index (χ0v) is 18.2. The molecule has 0 spiro atoms. The molecule has 2 aromatic carbocycles. The standard InChI is InChI=1S/C25H31F3O3/c1-3-5-23(29)21-12-8-17(24(27)25(21)28)15-31-18-9-6-16(7-10-18)20-13-11-19(30-4-2)14-22(20)26/h8,11-14,16,18,23,29H,3-7,9-10,15H2,1-2H3. The topological polar surface area (TPSA) is 38.7 Å². The number of rotatable bonds is 9. The maximum absolute atomic E-state index is 14.4. The van der Waals surface area contributed by atoms with Gasteiger partial charge in [0.25, 0.3) is 0 Å². The molecule has 0 radical (unpaired) electrons. The number of halogens is 3. The molecular formula is C25H31F3O3. The highest BCUT2D eigenvalue weighted by atomic mass is 19.2. The lowest BCUT2D eigenvalue weighted by atomic mass is 9.82. The van der Waals surface area contributed by atoms with E-state index in [1.54, 1.807) is 12.1 Å². The van der Waals surface area contributed by atoms with E-state index < -0.39 is 17.7 Å². The fourth-order valence-corrected chi connectivity index (χ4v) is 4.25. The highest BCUT2D eigenvalue weighted by Gasteiger charge is 2.26. The van der Waals surface area contributed by atoms with Gasteiger partial charge in [-0.05, 0) is 56.6 Å². The molecule has 31 heavy (non-hydrogen) atoms. The number of aliphatic hydroxyl groups excluding tert-OH is 1. The second-order valence-corrected chi connectivity index (χ2v) is 8.15. The van der Waals surface area contributed by atoms with Gasteiger partial charge in [-0.2, -0.15) is 0 Å². The maximum Gasteiger partial charge on any atom is 0.164 e.